The summed E-state index contributed by atoms with van der Waals surface area (Å²) in [4.78, 5) is 14.5. The quantitative estimate of drug-likeness (QED) is 0.774. The van der Waals surface area contributed by atoms with Gasteiger partial charge in [-0.25, -0.2) is 0 Å². The summed E-state index contributed by atoms with van der Waals surface area (Å²) in [5.41, 5.74) is 8.20. The van der Waals surface area contributed by atoms with Gasteiger partial charge in [0.05, 0.1) is 0 Å². The molecule has 0 bridgehead atoms. The summed E-state index contributed by atoms with van der Waals surface area (Å²) in [7, 11) is 0. The lowest BCUT2D eigenvalue weighted by atomic mass is 10.0. The molecule has 1 atom stereocenters. The van der Waals surface area contributed by atoms with E-state index in [1.165, 1.54) is 6.42 Å². The minimum Gasteiger partial charge on any atom is -0.399 e. The van der Waals surface area contributed by atoms with Crippen LogP contribution in [0.15, 0.2) is 18.2 Å². The van der Waals surface area contributed by atoms with Crippen LogP contribution in [0, 0.1) is 12.8 Å². The minimum atomic E-state index is 0.154. The maximum absolute atomic E-state index is 12.5. The van der Waals surface area contributed by atoms with Crippen molar-refractivity contribution in [1.29, 1.82) is 0 Å². The molecular formula is C15H22N2O. The predicted octanol–water partition coefficient (Wildman–Crippen LogP) is 2.84. The molecule has 1 fully saturated rings. The van der Waals surface area contributed by atoms with E-state index in [0.29, 0.717) is 5.69 Å². The number of hydrogen-bond donors (Lipinski definition) is 1. The number of likely N-dealkylation sites (tertiary alicyclic amines) is 1. The van der Waals surface area contributed by atoms with Crippen LogP contribution >= 0.6 is 0 Å². The van der Waals surface area contributed by atoms with Gasteiger partial charge in [0.25, 0.3) is 5.91 Å². The number of carbonyl (C=O) groups excluding carboxylic acids is 1. The van der Waals surface area contributed by atoms with Crippen molar-refractivity contribution in [2.24, 2.45) is 5.92 Å². The average Bonchev–Trinajstić information content (AvgIpc) is 2.53. The van der Waals surface area contributed by atoms with Crippen molar-refractivity contribution in [1.82, 2.24) is 4.90 Å². The molecule has 1 heterocycles. The normalized spacial score (nSPS) is 20.6. The van der Waals surface area contributed by atoms with Gasteiger partial charge < -0.3 is 10.6 Å². The summed E-state index contributed by atoms with van der Waals surface area (Å²) in [5.74, 6) is 0.886. The lowest BCUT2D eigenvalue weighted by Gasteiger charge is -2.21. The first-order valence-corrected chi connectivity index (χ1v) is 6.73. The van der Waals surface area contributed by atoms with E-state index in [1.54, 1.807) is 6.07 Å². The third kappa shape index (κ3) is 2.84. The fourth-order valence-electron chi connectivity index (χ4n) is 2.56. The van der Waals surface area contributed by atoms with Gasteiger partial charge in [-0.3, -0.25) is 4.79 Å². The number of aryl methyl sites for hydroxylation is 1. The second kappa shape index (κ2) is 5.42. The van der Waals surface area contributed by atoms with Crippen LogP contribution in [0.3, 0.4) is 0 Å². The Morgan fingerprint density at radius 3 is 2.83 bits per heavy atom. The summed E-state index contributed by atoms with van der Waals surface area (Å²) in [6, 6.07) is 5.52. The fraction of sp³-hybridized carbons (Fsp3) is 0.533. The van der Waals surface area contributed by atoms with E-state index < -0.39 is 0 Å². The molecule has 1 aromatic carbocycles. The van der Waals surface area contributed by atoms with Crippen LogP contribution in [-0.2, 0) is 0 Å². The molecule has 1 aromatic rings. The van der Waals surface area contributed by atoms with Crippen molar-refractivity contribution in [2.45, 2.75) is 33.1 Å². The third-order valence-corrected chi connectivity index (χ3v) is 3.78. The first kappa shape index (κ1) is 12.9. The van der Waals surface area contributed by atoms with E-state index in [-0.39, 0.29) is 5.91 Å². The SMILES string of the molecule is Cc1cc(N)ccc1C(=O)N1CCCC(C)CC1. The first-order valence-electron chi connectivity index (χ1n) is 6.73. The van der Waals surface area contributed by atoms with Gasteiger partial charge in [-0.15, -0.1) is 0 Å². The molecular weight excluding hydrogens is 224 g/mol. The number of amides is 1. The Morgan fingerprint density at radius 1 is 1.33 bits per heavy atom. The minimum absolute atomic E-state index is 0.154. The van der Waals surface area contributed by atoms with Gasteiger partial charge in [-0.2, -0.15) is 0 Å². The van der Waals surface area contributed by atoms with Crippen molar-refractivity contribution in [2.75, 3.05) is 18.8 Å². The lowest BCUT2D eigenvalue weighted by molar-refractivity contribution is 0.0759. The topological polar surface area (TPSA) is 46.3 Å². The molecule has 1 aliphatic rings. The van der Waals surface area contributed by atoms with Crippen molar-refractivity contribution in [3.05, 3.63) is 29.3 Å². The van der Waals surface area contributed by atoms with Crippen LogP contribution in [0.1, 0.15) is 42.1 Å². The molecule has 1 amide bonds. The van der Waals surface area contributed by atoms with E-state index in [9.17, 15) is 4.79 Å². The van der Waals surface area contributed by atoms with Crippen molar-refractivity contribution in [3.8, 4) is 0 Å². The lowest BCUT2D eigenvalue weighted by Crippen LogP contribution is -2.32. The van der Waals surface area contributed by atoms with Crippen molar-refractivity contribution < 1.29 is 4.79 Å². The molecule has 0 aliphatic carbocycles. The van der Waals surface area contributed by atoms with Crippen LogP contribution in [0.4, 0.5) is 5.69 Å². The number of nitrogens with two attached hydrogens (primary N) is 1. The van der Waals surface area contributed by atoms with E-state index >= 15 is 0 Å². The van der Waals surface area contributed by atoms with Crippen LogP contribution in [0.5, 0.6) is 0 Å². The van der Waals surface area contributed by atoms with Crippen LogP contribution in [0.2, 0.25) is 0 Å². The summed E-state index contributed by atoms with van der Waals surface area (Å²) in [6.07, 6.45) is 3.45. The number of anilines is 1. The number of nitrogens with zero attached hydrogens (tertiary/aromatic N) is 1. The van der Waals surface area contributed by atoms with Crippen LogP contribution in [-0.4, -0.2) is 23.9 Å². The summed E-state index contributed by atoms with van der Waals surface area (Å²) in [5, 5.41) is 0. The smallest absolute Gasteiger partial charge is 0.254 e. The van der Waals surface area contributed by atoms with Gasteiger partial charge in [-0.05, 0) is 55.9 Å². The molecule has 1 unspecified atom stereocenters. The van der Waals surface area contributed by atoms with E-state index in [2.05, 4.69) is 6.92 Å². The highest BCUT2D eigenvalue weighted by Gasteiger charge is 2.20. The van der Waals surface area contributed by atoms with E-state index in [4.69, 9.17) is 5.73 Å². The molecule has 2 N–H and O–H groups in total. The Morgan fingerprint density at radius 2 is 2.11 bits per heavy atom. The van der Waals surface area contributed by atoms with Gasteiger partial charge in [0.2, 0.25) is 0 Å². The zero-order chi connectivity index (χ0) is 13.1. The average molecular weight is 246 g/mol. The van der Waals surface area contributed by atoms with Crippen molar-refractivity contribution >= 4 is 11.6 Å². The predicted molar refractivity (Wildman–Crippen MR) is 74.5 cm³/mol. The molecule has 0 spiro atoms. The molecule has 3 nitrogen and oxygen atoms in total. The summed E-state index contributed by atoms with van der Waals surface area (Å²) >= 11 is 0. The highest BCUT2D eigenvalue weighted by Crippen LogP contribution is 2.20. The molecule has 1 aliphatic heterocycles. The maximum atomic E-state index is 12.5. The Kier molecular flexibility index (Phi) is 3.90. The number of carbonyl (C=O) groups is 1. The first-order chi connectivity index (χ1) is 8.58. The van der Waals surface area contributed by atoms with Gasteiger partial charge >= 0.3 is 0 Å². The number of benzene rings is 1. The summed E-state index contributed by atoms with van der Waals surface area (Å²) < 4.78 is 0. The van der Waals surface area contributed by atoms with E-state index in [0.717, 1.165) is 43.0 Å². The van der Waals surface area contributed by atoms with Gasteiger partial charge in [0, 0.05) is 24.3 Å². The van der Waals surface area contributed by atoms with Crippen LogP contribution in [0.25, 0.3) is 0 Å². The molecule has 0 saturated carbocycles. The third-order valence-electron chi connectivity index (χ3n) is 3.78. The zero-order valence-electron chi connectivity index (χ0n) is 11.3. The summed E-state index contributed by atoms with van der Waals surface area (Å²) in [6.45, 7) is 5.98. The number of rotatable bonds is 1. The van der Waals surface area contributed by atoms with Gasteiger partial charge in [0.1, 0.15) is 0 Å². The second-order valence-electron chi connectivity index (χ2n) is 5.40. The van der Waals surface area contributed by atoms with Gasteiger partial charge in [-0.1, -0.05) is 6.92 Å². The second-order valence-corrected chi connectivity index (χ2v) is 5.40. The Bertz CT molecular complexity index is 442. The highest BCUT2D eigenvalue weighted by molar-refractivity contribution is 5.96. The molecule has 18 heavy (non-hydrogen) atoms. The zero-order valence-corrected chi connectivity index (χ0v) is 11.3. The molecule has 98 valence electrons. The van der Waals surface area contributed by atoms with Crippen molar-refractivity contribution in [3.63, 3.8) is 0 Å². The largest absolute Gasteiger partial charge is 0.399 e. The van der Waals surface area contributed by atoms with E-state index in [1.807, 2.05) is 24.0 Å². The molecule has 0 radical (unpaired) electrons. The Labute approximate surface area is 109 Å². The molecule has 0 aromatic heterocycles. The Balaban J connectivity index is 2.15. The van der Waals surface area contributed by atoms with Crippen LogP contribution < -0.4 is 5.73 Å². The fourth-order valence-corrected chi connectivity index (χ4v) is 2.56. The highest BCUT2D eigenvalue weighted by atomic mass is 16.2. The monoisotopic (exact) mass is 246 g/mol. The molecule has 2 rings (SSSR count). The maximum Gasteiger partial charge on any atom is 0.254 e. The standard InChI is InChI=1S/C15H22N2O/c1-11-4-3-8-17(9-7-11)15(18)14-6-5-13(16)10-12(14)2/h5-6,10-11H,3-4,7-9,16H2,1-2H3. The van der Waals surface area contributed by atoms with Gasteiger partial charge in [0.15, 0.2) is 0 Å². The Hall–Kier alpha value is -1.51. The number of nitrogen functional groups attached to an aromatic ring is 1. The molecule has 1 saturated heterocycles. The molecule has 3 heteroatoms. The number of hydrogen-bond acceptors (Lipinski definition) is 2.